The third-order valence-electron chi connectivity index (χ3n) is 2.20. The molecular weight excluding hydrogens is 299 g/mol. The molecule has 0 amide bonds. The molecule has 20 heavy (non-hydrogen) atoms. The zero-order chi connectivity index (χ0) is 15.2. The van der Waals surface area contributed by atoms with Crippen LogP contribution in [-0.4, -0.2) is 46.4 Å². The van der Waals surface area contributed by atoms with Crippen LogP contribution in [0.1, 0.15) is 5.69 Å². The van der Waals surface area contributed by atoms with E-state index < -0.39 is 22.8 Å². The van der Waals surface area contributed by atoms with Gasteiger partial charge in [-0.3, -0.25) is 0 Å². The van der Waals surface area contributed by atoms with Crippen molar-refractivity contribution < 1.29 is 26.3 Å². The van der Waals surface area contributed by atoms with Gasteiger partial charge < -0.3 is 15.0 Å². The minimum atomic E-state index is -4.42. The Morgan fingerprint density at radius 1 is 1.40 bits per heavy atom. The van der Waals surface area contributed by atoms with Crippen molar-refractivity contribution in [2.45, 2.75) is 17.6 Å². The molecule has 1 aromatic heterocycles. The first-order chi connectivity index (χ1) is 9.24. The van der Waals surface area contributed by atoms with Crippen molar-refractivity contribution in [2.75, 3.05) is 26.8 Å². The van der Waals surface area contributed by atoms with Crippen LogP contribution in [0.15, 0.2) is 17.2 Å². The molecule has 0 aliphatic rings. The Labute approximate surface area is 114 Å². The Morgan fingerprint density at radius 2 is 2.10 bits per heavy atom. The second-order valence-corrected chi connectivity index (χ2v) is 5.72. The minimum Gasteiger partial charge on any atom is -0.371 e. The molecule has 0 fully saturated rings. The summed E-state index contributed by atoms with van der Waals surface area (Å²) in [6.45, 7) is -1.51. The van der Waals surface area contributed by atoms with Gasteiger partial charge >= 0.3 is 6.18 Å². The van der Waals surface area contributed by atoms with E-state index in [1.807, 2.05) is 0 Å². The molecule has 6 nitrogen and oxygen atoms in total. The predicted molar refractivity (Wildman–Crippen MR) is 65.6 cm³/mol. The van der Waals surface area contributed by atoms with Gasteiger partial charge in [0.15, 0.2) is 0 Å². The maximum atomic E-state index is 11.8. The lowest BCUT2D eigenvalue weighted by Crippen LogP contribution is -2.28. The van der Waals surface area contributed by atoms with E-state index >= 15 is 0 Å². The van der Waals surface area contributed by atoms with Crippen LogP contribution in [0.25, 0.3) is 0 Å². The van der Waals surface area contributed by atoms with Crippen LogP contribution < -0.4 is 10.0 Å². The Kier molecular flexibility index (Phi) is 5.99. The third kappa shape index (κ3) is 5.90. The van der Waals surface area contributed by atoms with Gasteiger partial charge in [-0.1, -0.05) is 0 Å². The van der Waals surface area contributed by atoms with Gasteiger partial charge in [0.25, 0.3) is 0 Å². The van der Waals surface area contributed by atoms with E-state index in [-0.39, 0.29) is 18.0 Å². The molecule has 0 saturated carbocycles. The molecule has 0 aliphatic carbocycles. The minimum absolute atomic E-state index is 0.0265. The number of ether oxygens (including phenoxy) is 1. The number of halogens is 3. The lowest BCUT2D eigenvalue weighted by molar-refractivity contribution is -0.173. The van der Waals surface area contributed by atoms with Crippen LogP contribution >= 0.6 is 0 Å². The highest BCUT2D eigenvalue weighted by molar-refractivity contribution is 7.89. The molecule has 0 aliphatic heterocycles. The standard InChI is InChI=1S/C10H16F3N3O3S/c1-14-5-8-4-9(6-15-8)20(17,18)16-2-3-19-7-10(11,12)13/h4,6,14-16H,2-3,5,7H2,1H3. The van der Waals surface area contributed by atoms with Gasteiger partial charge in [-0.15, -0.1) is 0 Å². The number of sulfonamides is 1. The Balaban J connectivity index is 2.41. The van der Waals surface area contributed by atoms with E-state index in [9.17, 15) is 21.6 Å². The molecular formula is C10H16F3N3O3S. The highest BCUT2D eigenvalue weighted by atomic mass is 32.2. The summed E-state index contributed by atoms with van der Waals surface area (Å²) in [4.78, 5) is 2.80. The molecule has 1 aromatic rings. The van der Waals surface area contributed by atoms with E-state index in [4.69, 9.17) is 0 Å². The maximum absolute atomic E-state index is 11.8. The number of alkyl halides is 3. The zero-order valence-corrected chi connectivity index (χ0v) is 11.6. The lowest BCUT2D eigenvalue weighted by atomic mass is 10.4. The quantitative estimate of drug-likeness (QED) is 0.613. The van der Waals surface area contributed by atoms with Crippen LogP contribution in [0.2, 0.25) is 0 Å². The molecule has 0 atom stereocenters. The van der Waals surface area contributed by atoms with Crippen molar-refractivity contribution in [3.8, 4) is 0 Å². The monoisotopic (exact) mass is 315 g/mol. The van der Waals surface area contributed by atoms with Crippen LogP contribution in [0.4, 0.5) is 13.2 Å². The lowest BCUT2D eigenvalue weighted by Gasteiger charge is -2.08. The summed E-state index contributed by atoms with van der Waals surface area (Å²) in [6, 6.07) is 1.44. The number of H-pyrrole nitrogens is 1. The van der Waals surface area contributed by atoms with Gasteiger partial charge in [0.05, 0.1) is 11.5 Å². The molecule has 10 heteroatoms. The van der Waals surface area contributed by atoms with Crippen molar-refractivity contribution in [3.05, 3.63) is 18.0 Å². The van der Waals surface area contributed by atoms with E-state index in [2.05, 4.69) is 19.8 Å². The predicted octanol–water partition coefficient (Wildman–Crippen LogP) is 0.591. The SMILES string of the molecule is CNCc1cc(S(=O)(=O)NCCOCC(F)(F)F)c[nH]1. The Hall–Kier alpha value is -1.10. The summed E-state index contributed by atoms with van der Waals surface area (Å²) >= 11 is 0. The molecule has 1 heterocycles. The number of hydrogen-bond acceptors (Lipinski definition) is 4. The molecule has 0 unspecified atom stereocenters. The molecule has 0 saturated heterocycles. The third-order valence-corrected chi connectivity index (χ3v) is 3.64. The summed E-state index contributed by atoms with van der Waals surface area (Å²) in [5.74, 6) is 0. The van der Waals surface area contributed by atoms with Crippen molar-refractivity contribution in [1.82, 2.24) is 15.0 Å². The fourth-order valence-corrected chi connectivity index (χ4v) is 2.42. The van der Waals surface area contributed by atoms with Crippen LogP contribution in [0.3, 0.4) is 0 Å². The summed E-state index contributed by atoms with van der Waals surface area (Å²) in [6.07, 6.45) is -3.10. The molecule has 1 rings (SSSR count). The van der Waals surface area contributed by atoms with Gasteiger partial charge in [-0.05, 0) is 13.1 Å². The van der Waals surface area contributed by atoms with Crippen molar-refractivity contribution in [1.29, 1.82) is 0 Å². The zero-order valence-electron chi connectivity index (χ0n) is 10.8. The number of nitrogens with one attached hydrogen (secondary N) is 3. The van der Waals surface area contributed by atoms with Crippen molar-refractivity contribution >= 4 is 10.0 Å². The van der Waals surface area contributed by atoms with Gasteiger partial charge in [0, 0.05) is 25.0 Å². The molecule has 116 valence electrons. The van der Waals surface area contributed by atoms with Crippen LogP contribution in [0, 0.1) is 0 Å². The van der Waals surface area contributed by atoms with Gasteiger partial charge in [-0.2, -0.15) is 13.2 Å². The van der Waals surface area contributed by atoms with E-state index in [0.717, 1.165) is 0 Å². The average Bonchev–Trinajstić information content (AvgIpc) is 2.77. The van der Waals surface area contributed by atoms with Crippen LogP contribution in [0.5, 0.6) is 0 Å². The number of aromatic amines is 1. The van der Waals surface area contributed by atoms with Gasteiger partial charge in [0.2, 0.25) is 10.0 Å². The average molecular weight is 315 g/mol. The number of hydrogen-bond donors (Lipinski definition) is 3. The highest BCUT2D eigenvalue weighted by Gasteiger charge is 2.27. The topological polar surface area (TPSA) is 83.2 Å². The summed E-state index contributed by atoms with van der Waals surface area (Å²) < 4.78 is 65.4. The summed E-state index contributed by atoms with van der Waals surface area (Å²) in [7, 11) is -2.03. The second-order valence-electron chi connectivity index (χ2n) is 3.96. The van der Waals surface area contributed by atoms with Crippen molar-refractivity contribution in [3.63, 3.8) is 0 Å². The molecule has 3 N–H and O–H groups in total. The smallest absolute Gasteiger partial charge is 0.371 e. The van der Waals surface area contributed by atoms with Gasteiger partial charge in [0.1, 0.15) is 6.61 Å². The number of rotatable bonds is 8. The van der Waals surface area contributed by atoms with E-state index in [1.165, 1.54) is 12.3 Å². The Morgan fingerprint density at radius 3 is 2.70 bits per heavy atom. The highest BCUT2D eigenvalue weighted by Crippen LogP contribution is 2.14. The van der Waals surface area contributed by atoms with Crippen molar-refractivity contribution in [2.24, 2.45) is 0 Å². The molecule has 0 radical (unpaired) electrons. The van der Waals surface area contributed by atoms with E-state index in [0.29, 0.717) is 12.2 Å². The molecule has 0 aromatic carbocycles. The van der Waals surface area contributed by atoms with Crippen LogP contribution in [-0.2, 0) is 21.3 Å². The van der Waals surface area contributed by atoms with Gasteiger partial charge in [-0.25, -0.2) is 13.1 Å². The fourth-order valence-electron chi connectivity index (χ4n) is 1.39. The fraction of sp³-hybridized carbons (Fsp3) is 0.600. The summed E-state index contributed by atoms with van der Waals surface area (Å²) in [5.41, 5.74) is 0.682. The molecule has 0 spiro atoms. The number of aromatic nitrogens is 1. The molecule has 0 bridgehead atoms. The maximum Gasteiger partial charge on any atom is 0.411 e. The Bertz CT molecular complexity index is 513. The van der Waals surface area contributed by atoms with E-state index in [1.54, 1.807) is 7.05 Å². The second kappa shape index (κ2) is 7.07. The largest absolute Gasteiger partial charge is 0.411 e. The first kappa shape index (κ1) is 17.0. The first-order valence-electron chi connectivity index (χ1n) is 5.70. The first-order valence-corrected chi connectivity index (χ1v) is 7.19. The normalized spacial score (nSPS) is 12.8. The summed E-state index contributed by atoms with van der Waals surface area (Å²) in [5, 5.41) is 2.85.